The molecule has 7 nitrogen and oxygen atoms in total. The normalized spacial score (nSPS) is 10.9. The van der Waals surface area contributed by atoms with Crippen molar-refractivity contribution in [3.8, 4) is 11.1 Å². The predicted octanol–water partition coefficient (Wildman–Crippen LogP) is 4.58. The molecule has 0 saturated carbocycles. The highest BCUT2D eigenvalue weighted by molar-refractivity contribution is 5.94. The van der Waals surface area contributed by atoms with Crippen molar-refractivity contribution in [3.63, 3.8) is 0 Å². The number of carbonyl (C=O) groups excluding carboxylic acids is 1. The van der Waals surface area contributed by atoms with Crippen molar-refractivity contribution in [1.82, 2.24) is 25.1 Å². The summed E-state index contributed by atoms with van der Waals surface area (Å²) < 4.78 is 1.79. The van der Waals surface area contributed by atoms with Crippen LogP contribution in [0.5, 0.6) is 0 Å². The van der Waals surface area contributed by atoms with E-state index in [1.54, 1.807) is 10.9 Å². The lowest BCUT2D eigenvalue weighted by Crippen LogP contribution is -2.27. The fraction of sp³-hybridized carbons (Fsp3) is 0.143. The number of fused-ring (bicyclic) bond motifs is 1. The molecule has 7 heteroatoms. The number of hydrogen-bond donors (Lipinski definition) is 2. The van der Waals surface area contributed by atoms with Crippen molar-refractivity contribution in [2.24, 2.45) is 0 Å². The molecule has 0 fully saturated rings. The Bertz CT molecular complexity index is 1400. The highest BCUT2D eigenvalue weighted by Crippen LogP contribution is 2.20. The summed E-state index contributed by atoms with van der Waals surface area (Å²) in [7, 11) is 0. The Kier molecular flexibility index (Phi) is 6.75. The summed E-state index contributed by atoms with van der Waals surface area (Å²) in [4.78, 5) is 21.4. The highest BCUT2D eigenvalue weighted by atomic mass is 16.1. The molecule has 2 aromatic heterocycles. The molecule has 0 atom stereocenters. The molecular weight excluding hydrogens is 436 g/mol. The van der Waals surface area contributed by atoms with Gasteiger partial charge in [0.2, 0.25) is 0 Å². The van der Waals surface area contributed by atoms with Crippen molar-refractivity contribution < 1.29 is 4.79 Å². The number of rotatable bonds is 9. The first-order valence-electron chi connectivity index (χ1n) is 11.7. The average molecular weight is 463 g/mol. The highest BCUT2D eigenvalue weighted by Gasteiger charge is 2.11. The van der Waals surface area contributed by atoms with Crippen LogP contribution in [0.1, 0.15) is 15.9 Å². The summed E-state index contributed by atoms with van der Waals surface area (Å²) >= 11 is 0. The van der Waals surface area contributed by atoms with E-state index in [9.17, 15) is 4.79 Å². The summed E-state index contributed by atoms with van der Waals surface area (Å²) in [5.41, 5.74) is 4.84. The van der Waals surface area contributed by atoms with Crippen molar-refractivity contribution >= 4 is 22.8 Å². The van der Waals surface area contributed by atoms with Crippen LogP contribution in [-0.2, 0) is 13.0 Å². The molecule has 0 aliphatic carbocycles. The third-order valence-corrected chi connectivity index (χ3v) is 5.85. The first-order chi connectivity index (χ1) is 17.3. The van der Waals surface area contributed by atoms with Crippen LogP contribution in [0, 0.1) is 0 Å². The first kappa shape index (κ1) is 22.3. The van der Waals surface area contributed by atoms with Crippen LogP contribution < -0.4 is 10.6 Å². The van der Waals surface area contributed by atoms with Crippen LogP contribution in [0.25, 0.3) is 22.2 Å². The molecule has 35 heavy (non-hydrogen) atoms. The Morgan fingerprint density at radius 1 is 0.800 bits per heavy atom. The summed E-state index contributed by atoms with van der Waals surface area (Å²) in [6, 6.07) is 28.1. The van der Waals surface area contributed by atoms with Crippen molar-refractivity contribution in [3.05, 3.63) is 109 Å². The van der Waals surface area contributed by atoms with Gasteiger partial charge in [-0.25, -0.2) is 14.6 Å². The molecule has 0 bridgehead atoms. The van der Waals surface area contributed by atoms with Gasteiger partial charge in [-0.05, 0) is 35.2 Å². The minimum absolute atomic E-state index is 0.112. The summed E-state index contributed by atoms with van der Waals surface area (Å²) in [6.07, 6.45) is 4.21. The Morgan fingerprint density at radius 2 is 1.51 bits per heavy atom. The van der Waals surface area contributed by atoms with Gasteiger partial charge in [0.1, 0.15) is 12.1 Å². The summed E-state index contributed by atoms with van der Waals surface area (Å²) in [6.45, 7) is 1.72. The fourth-order valence-corrected chi connectivity index (χ4v) is 3.99. The zero-order chi connectivity index (χ0) is 23.9. The van der Waals surface area contributed by atoms with E-state index in [2.05, 4.69) is 50.0 Å². The Labute approximate surface area is 203 Å². The zero-order valence-corrected chi connectivity index (χ0v) is 19.3. The predicted molar refractivity (Wildman–Crippen MR) is 138 cm³/mol. The van der Waals surface area contributed by atoms with Crippen LogP contribution in [0.2, 0.25) is 0 Å². The molecular formula is C28H26N6O. The van der Waals surface area contributed by atoms with Crippen LogP contribution >= 0.6 is 0 Å². The molecule has 3 aromatic carbocycles. The van der Waals surface area contributed by atoms with E-state index < -0.39 is 0 Å². The molecule has 2 heterocycles. The lowest BCUT2D eigenvalue weighted by molar-refractivity contribution is 0.0952. The number of hydrogen-bond acceptors (Lipinski definition) is 5. The molecule has 5 rings (SSSR count). The number of nitrogens with zero attached hydrogens (tertiary/aromatic N) is 4. The van der Waals surface area contributed by atoms with Crippen LogP contribution in [0.15, 0.2) is 97.5 Å². The van der Waals surface area contributed by atoms with Crippen molar-refractivity contribution in [1.29, 1.82) is 0 Å². The van der Waals surface area contributed by atoms with E-state index in [0.717, 1.165) is 40.9 Å². The van der Waals surface area contributed by atoms with E-state index in [1.165, 1.54) is 11.9 Å². The van der Waals surface area contributed by atoms with Gasteiger partial charge >= 0.3 is 0 Å². The van der Waals surface area contributed by atoms with Gasteiger partial charge in [-0.2, -0.15) is 5.10 Å². The molecule has 0 radical (unpaired) electrons. The second-order valence-electron chi connectivity index (χ2n) is 8.19. The third kappa shape index (κ3) is 5.35. The van der Waals surface area contributed by atoms with E-state index in [-0.39, 0.29) is 5.91 Å². The Morgan fingerprint density at radius 3 is 2.29 bits per heavy atom. The minimum Gasteiger partial charge on any atom is -0.369 e. The standard InChI is InChI=1S/C28H26N6O/c35-28(24-13-11-23(12-14-24)22-9-5-2-6-10-22)30-17-18-34-27-25(19-33-34)26(31-20-32-27)29-16-15-21-7-3-1-4-8-21/h1-14,19-20H,15-18H2,(H,30,35)(H,29,31,32). The smallest absolute Gasteiger partial charge is 0.251 e. The van der Waals surface area contributed by atoms with Gasteiger partial charge in [0.15, 0.2) is 5.65 Å². The van der Waals surface area contributed by atoms with Crippen LogP contribution in [0.4, 0.5) is 5.82 Å². The molecule has 0 unspecified atom stereocenters. The topological polar surface area (TPSA) is 84.7 Å². The second-order valence-corrected chi connectivity index (χ2v) is 8.19. The molecule has 1 amide bonds. The fourth-order valence-electron chi connectivity index (χ4n) is 3.99. The maximum Gasteiger partial charge on any atom is 0.251 e. The monoisotopic (exact) mass is 462 g/mol. The van der Waals surface area contributed by atoms with Gasteiger partial charge in [-0.3, -0.25) is 4.79 Å². The molecule has 174 valence electrons. The van der Waals surface area contributed by atoms with Gasteiger partial charge in [-0.1, -0.05) is 72.8 Å². The average Bonchev–Trinajstić information content (AvgIpc) is 3.34. The van der Waals surface area contributed by atoms with Gasteiger partial charge < -0.3 is 10.6 Å². The number of anilines is 1. The largest absolute Gasteiger partial charge is 0.369 e. The number of nitrogens with one attached hydrogen (secondary N) is 2. The Balaban J connectivity index is 1.16. The van der Waals surface area contributed by atoms with Gasteiger partial charge in [0.05, 0.1) is 18.1 Å². The number of carbonyl (C=O) groups is 1. The maximum atomic E-state index is 12.6. The minimum atomic E-state index is -0.112. The first-order valence-corrected chi connectivity index (χ1v) is 11.7. The third-order valence-electron chi connectivity index (χ3n) is 5.85. The van der Waals surface area contributed by atoms with Crippen molar-refractivity contribution in [2.75, 3.05) is 18.4 Å². The zero-order valence-electron chi connectivity index (χ0n) is 19.3. The van der Waals surface area contributed by atoms with Crippen molar-refractivity contribution in [2.45, 2.75) is 13.0 Å². The Hall–Kier alpha value is -4.52. The van der Waals surface area contributed by atoms with E-state index >= 15 is 0 Å². The van der Waals surface area contributed by atoms with Gasteiger partial charge in [0, 0.05) is 18.7 Å². The molecule has 0 spiro atoms. The number of aromatic nitrogens is 4. The number of amides is 1. The lowest BCUT2D eigenvalue weighted by Gasteiger charge is -2.08. The van der Waals surface area contributed by atoms with E-state index in [0.29, 0.717) is 18.7 Å². The van der Waals surface area contributed by atoms with E-state index in [4.69, 9.17) is 0 Å². The molecule has 0 saturated heterocycles. The quantitative estimate of drug-likeness (QED) is 0.335. The maximum absolute atomic E-state index is 12.6. The number of benzene rings is 3. The summed E-state index contributed by atoms with van der Waals surface area (Å²) in [5, 5.41) is 11.7. The lowest BCUT2D eigenvalue weighted by atomic mass is 10.0. The molecule has 2 N–H and O–H groups in total. The van der Waals surface area contributed by atoms with E-state index in [1.807, 2.05) is 60.7 Å². The van der Waals surface area contributed by atoms with Crippen LogP contribution in [0.3, 0.4) is 0 Å². The van der Waals surface area contributed by atoms with Gasteiger partial charge in [-0.15, -0.1) is 0 Å². The molecule has 0 aliphatic heterocycles. The molecule has 0 aliphatic rings. The molecule has 5 aromatic rings. The SMILES string of the molecule is O=C(NCCn1ncc2c(NCCc3ccccc3)ncnc21)c1ccc(-c2ccccc2)cc1. The van der Waals surface area contributed by atoms with Gasteiger partial charge in [0.25, 0.3) is 5.91 Å². The summed E-state index contributed by atoms with van der Waals surface area (Å²) in [5.74, 6) is 0.652. The second kappa shape index (κ2) is 10.6. The van der Waals surface area contributed by atoms with Crippen LogP contribution in [-0.4, -0.2) is 38.7 Å².